The molecule has 1 rings (SSSR count). The van der Waals surface area contributed by atoms with Gasteiger partial charge in [0, 0.05) is 30.1 Å². The van der Waals surface area contributed by atoms with Crippen molar-refractivity contribution in [3.8, 4) is 5.75 Å². The SMILES string of the molecule is CCCNCc1cnc(C)cc1OCCC(C)(C)C. The van der Waals surface area contributed by atoms with E-state index in [2.05, 4.69) is 38.0 Å². The molecule has 0 amide bonds. The van der Waals surface area contributed by atoms with Crippen molar-refractivity contribution in [3.63, 3.8) is 0 Å². The van der Waals surface area contributed by atoms with Gasteiger partial charge in [-0.25, -0.2) is 0 Å². The van der Waals surface area contributed by atoms with Crippen LogP contribution < -0.4 is 10.1 Å². The van der Waals surface area contributed by atoms with E-state index in [4.69, 9.17) is 4.74 Å². The summed E-state index contributed by atoms with van der Waals surface area (Å²) in [6.45, 7) is 13.5. The zero-order valence-corrected chi connectivity index (χ0v) is 13.0. The van der Waals surface area contributed by atoms with Crippen LogP contribution in [-0.2, 0) is 6.54 Å². The number of aryl methyl sites for hydroxylation is 1. The number of nitrogens with one attached hydrogen (secondary N) is 1. The molecule has 0 unspecified atom stereocenters. The Morgan fingerprint density at radius 2 is 2.05 bits per heavy atom. The number of nitrogens with zero attached hydrogens (tertiary/aromatic N) is 1. The van der Waals surface area contributed by atoms with E-state index >= 15 is 0 Å². The van der Waals surface area contributed by atoms with Gasteiger partial charge in [0.25, 0.3) is 0 Å². The fourth-order valence-corrected chi connectivity index (χ4v) is 1.70. The number of hydrogen-bond acceptors (Lipinski definition) is 3. The standard InChI is InChI=1S/C16H28N2O/c1-6-8-17-11-14-12-18-13(2)10-15(14)19-9-7-16(3,4)5/h10,12,17H,6-9,11H2,1-5H3. The van der Waals surface area contributed by atoms with Crippen molar-refractivity contribution in [3.05, 3.63) is 23.5 Å². The van der Waals surface area contributed by atoms with Gasteiger partial charge in [-0.3, -0.25) is 4.98 Å². The van der Waals surface area contributed by atoms with Crippen molar-refractivity contribution in [2.45, 2.75) is 54.0 Å². The molecular formula is C16H28N2O. The van der Waals surface area contributed by atoms with Crippen molar-refractivity contribution >= 4 is 0 Å². The molecule has 0 aliphatic rings. The minimum Gasteiger partial charge on any atom is -0.493 e. The van der Waals surface area contributed by atoms with Gasteiger partial charge >= 0.3 is 0 Å². The Morgan fingerprint density at radius 1 is 1.32 bits per heavy atom. The lowest BCUT2D eigenvalue weighted by atomic mass is 9.93. The van der Waals surface area contributed by atoms with Crippen LogP contribution in [0.3, 0.4) is 0 Å². The molecule has 0 radical (unpaired) electrons. The third kappa shape index (κ3) is 6.58. The smallest absolute Gasteiger partial charge is 0.127 e. The van der Waals surface area contributed by atoms with Crippen molar-refractivity contribution in [1.82, 2.24) is 10.3 Å². The van der Waals surface area contributed by atoms with Gasteiger partial charge < -0.3 is 10.1 Å². The molecule has 108 valence electrons. The van der Waals surface area contributed by atoms with Gasteiger partial charge in [0.05, 0.1) is 6.61 Å². The lowest BCUT2D eigenvalue weighted by Gasteiger charge is -2.19. The summed E-state index contributed by atoms with van der Waals surface area (Å²) in [6.07, 6.45) is 4.11. The summed E-state index contributed by atoms with van der Waals surface area (Å²) in [5.41, 5.74) is 2.46. The third-order valence-corrected chi connectivity index (χ3v) is 2.93. The second-order valence-electron chi connectivity index (χ2n) is 6.27. The summed E-state index contributed by atoms with van der Waals surface area (Å²) in [4.78, 5) is 4.36. The first-order valence-electron chi connectivity index (χ1n) is 7.21. The van der Waals surface area contributed by atoms with Crippen LogP contribution in [0.5, 0.6) is 5.75 Å². The first kappa shape index (κ1) is 16.0. The molecule has 0 saturated carbocycles. The molecule has 1 heterocycles. The van der Waals surface area contributed by atoms with E-state index in [0.29, 0.717) is 5.41 Å². The number of aromatic nitrogens is 1. The first-order valence-corrected chi connectivity index (χ1v) is 7.21. The summed E-state index contributed by atoms with van der Waals surface area (Å²) in [7, 11) is 0. The lowest BCUT2D eigenvalue weighted by molar-refractivity contribution is 0.240. The Hall–Kier alpha value is -1.09. The van der Waals surface area contributed by atoms with Gasteiger partial charge in [0.15, 0.2) is 0 Å². The highest BCUT2D eigenvalue weighted by molar-refractivity contribution is 5.32. The van der Waals surface area contributed by atoms with E-state index in [1.54, 1.807) is 0 Å². The van der Waals surface area contributed by atoms with E-state index < -0.39 is 0 Å². The molecule has 0 atom stereocenters. The van der Waals surface area contributed by atoms with Crippen molar-refractivity contribution < 1.29 is 4.74 Å². The summed E-state index contributed by atoms with van der Waals surface area (Å²) < 4.78 is 5.94. The van der Waals surface area contributed by atoms with Gasteiger partial charge in [-0.2, -0.15) is 0 Å². The van der Waals surface area contributed by atoms with Gasteiger partial charge in [-0.1, -0.05) is 27.7 Å². The number of ether oxygens (including phenoxy) is 1. The van der Waals surface area contributed by atoms with Crippen LogP contribution in [0.25, 0.3) is 0 Å². The van der Waals surface area contributed by atoms with Crippen LogP contribution in [0.4, 0.5) is 0 Å². The predicted molar refractivity (Wildman–Crippen MR) is 80.5 cm³/mol. The van der Waals surface area contributed by atoms with E-state index in [1.807, 2.05) is 19.2 Å². The average molecular weight is 264 g/mol. The Labute approximate surface area is 117 Å². The summed E-state index contributed by atoms with van der Waals surface area (Å²) in [5.74, 6) is 0.973. The molecule has 0 bridgehead atoms. The fraction of sp³-hybridized carbons (Fsp3) is 0.688. The van der Waals surface area contributed by atoms with E-state index in [9.17, 15) is 0 Å². The van der Waals surface area contributed by atoms with Crippen molar-refractivity contribution in [2.75, 3.05) is 13.2 Å². The largest absolute Gasteiger partial charge is 0.493 e. The summed E-state index contributed by atoms with van der Waals surface area (Å²) in [6, 6.07) is 2.03. The van der Waals surface area contributed by atoms with Crippen molar-refractivity contribution in [2.24, 2.45) is 5.41 Å². The molecule has 1 N–H and O–H groups in total. The maximum absolute atomic E-state index is 5.94. The minimum absolute atomic E-state index is 0.308. The molecule has 0 fully saturated rings. The Morgan fingerprint density at radius 3 is 2.68 bits per heavy atom. The van der Waals surface area contributed by atoms with Crippen LogP contribution in [0.15, 0.2) is 12.3 Å². The third-order valence-electron chi connectivity index (χ3n) is 2.93. The van der Waals surface area contributed by atoms with Gasteiger partial charge in [0.1, 0.15) is 5.75 Å². The van der Waals surface area contributed by atoms with E-state index in [0.717, 1.165) is 49.5 Å². The van der Waals surface area contributed by atoms with Crippen LogP contribution in [0.2, 0.25) is 0 Å². The number of hydrogen-bond donors (Lipinski definition) is 1. The second kappa shape index (κ2) is 7.49. The molecule has 3 heteroatoms. The maximum atomic E-state index is 5.94. The Bertz CT molecular complexity index is 383. The molecule has 1 aromatic rings. The van der Waals surface area contributed by atoms with Crippen LogP contribution >= 0.6 is 0 Å². The fourth-order valence-electron chi connectivity index (χ4n) is 1.70. The molecule has 0 aliphatic carbocycles. The quantitative estimate of drug-likeness (QED) is 0.762. The predicted octanol–water partition coefficient (Wildman–Crippen LogP) is 3.70. The zero-order valence-electron chi connectivity index (χ0n) is 13.0. The molecule has 19 heavy (non-hydrogen) atoms. The van der Waals surface area contributed by atoms with Crippen LogP contribution in [-0.4, -0.2) is 18.1 Å². The van der Waals surface area contributed by atoms with Gasteiger partial charge in [-0.15, -0.1) is 0 Å². The van der Waals surface area contributed by atoms with Crippen LogP contribution in [0.1, 0.15) is 51.8 Å². The van der Waals surface area contributed by atoms with Gasteiger partial charge in [0.2, 0.25) is 0 Å². The van der Waals surface area contributed by atoms with Gasteiger partial charge in [-0.05, 0) is 31.7 Å². The monoisotopic (exact) mass is 264 g/mol. The Kier molecular flexibility index (Phi) is 6.29. The first-order chi connectivity index (χ1) is 8.92. The topological polar surface area (TPSA) is 34.2 Å². The highest BCUT2D eigenvalue weighted by atomic mass is 16.5. The maximum Gasteiger partial charge on any atom is 0.127 e. The van der Waals surface area contributed by atoms with E-state index in [1.165, 1.54) is 0 Å². The normalized spacial score (nSPS) is 11.6. The average Bonchev–Trinajstić information content (AvgIpc) is 2.30. The molecule has 3 nitrogen and oxygen atoms in total. The lowest BCUT2D eigenvalue weighted by Crippen LogP contribution is -2.16. The van der Waals surface area contributed by atoms with Crippen LogP contribution in [0, 0.1) is 12.3 Å². The molecule has 0 aromatic carbocycles. The van der Waals surface area contributed by atoms with Crippen molar-refractivity contribution in [1.29, 1.82) is 0 Å². The highest BCUT2D eigenvalue weighted by Crippen LogP contribution is 2.22. The molecule has 0 saturated heterocycles. The number of rotatable bonds is 7. The summed E-state index contributed by atoms with van der Waals surface area (Å²) in [5, 5.41) is 3.40. The second-order valence-corrected chi connectivity index (χ2v) is 6.27. The Balaban J connectivity index is 2.60. The molecular weight excluding hydrogens is 236 g/mol. The molecule has 1 aromatic heterocycles. The molecule has 0 spiro atoms. The zero-order chi connectivity index (χ0) is 14.3. The minimum atomic E-state index is 0.308. The highest BCUT2D eigenvalue weighted by Gasteiger charge is 2.11. The van der Waals surface area contributed by atoms with E-state index in [-0.39, 0.29) is 0 Å². The summed E-state index contributed by atoms with van der Waals surface area (Å²) >= 11 is 0. The number of pyridine rings is 1. The molecule has 0 aliphatic heterocycles.